The van der Waals surface area contributed by atoms with E-state index in [4.69, 9.17) is 4.74 Å². The fourth-order valence-electron chi connectivity index (χ4n) is 2.26. The highest BCUT2D eigenvalue weighted by atomic mass is 32.1. The fourth-order valence-corrected chi connectivity index (χ4v) is 3.33. The molecular formula is C18H15NO3S. The molecule has 1 N–H and O–H groups in total. The van der Waals surface area contributed by atoms with Crippen molar-refractivity contribution in [1.82, 2.24) is 0 Å². The van der Waals surface area contributed by atoms with Gasteiger partial charge in [-0.2, -0.15) is 0 Å². The molecule has 0 saturated carbocycles. The molecule has 1 aromatic carbocycles. The van der Waals surface area contributed by atoms with Crippen LogP contribution < -0.4 is 5.32 Å². The predicted octanol–water partition coefficient (Wildman–Crippen LogP) is 4.31. The number of anilines is 1. The van der Waals surface area contributed by atoms with Crippen LogP contribution in [0.1, 0.15) is 16.6 Å². The SMILES string of the molecule is COC(=O)c1sc2ccccc2c1NC(C)=O.c1cc2cc-2c1. The zero-order valence-electron chi connectivity index (χ0n) is 12.8. The Morgan fingerprint density at radius 3 is 2.26 bits per heavy atom. The molecule has 0 aliphatic heterocycles. The van der Waals surface area contributed by atoms with Gasteiger partial charge >= 0.3 is 5.97 Å². The van der Waals surface area contributed by atoms with E-state index in [0.29, 0.717) is 10.6 Å². The molecule has 0 spiro atoms. The number of nitrogens with one attached hydrogen (secondary N) is 1. The standard InChI is InChI=1S/C12H11NO3S.C6H4/c1-7(14)13-10-8-5-3-4-6-9(8)17-11(10)12(15)16-2;1-2-5-4-6(5)3-1/h3-6H,1-2H3,(H,13,14);1-4H. The van der Waals surface area contributed by atoms with Gasteiger partial charge in [0.15, 0.2) is 0 Å². The number of carbonyl (C=O) groups is 2. The van der Waals surface area contributed by atoms with Crippen molar-refractivity contribution in [2.24, 2.45) is 0 Å². The summed E-state index contributed by atoms with van der Waals surface area (Å²) in [5.74, 6) is -0.645. The molecule has 0 atom stereocenters. The number of methoxy groups -OCH3 is 1. The summed E-state index contributed by atoms with van der Waals surface area (Å²) < 4.78 is 5.65. The van der Waals surface area contributed by atoms with Crippen molar-refractivity contribution in [3.05, 3.63) is 53.4 Å². The molecule has 0 bridgehead atoms. The number of hydrogen-bond donors (Lipinski definition) is 1. The average molecular weight is 325 g/mol. The van der Waals surface area contributed by atoms with Crippen LogP contribution in [-0.4, -0.2) is 19.0 Å². The summed E-state index contributed by atoms with van der Waals surface area (Å²) in [7, 11) is 1.32. The van der Waals surface area contributed by atoms with Gasteiger partial charge in [0.05, 0.1) is 12.8 Å². The molecule has 0 radical (unpaired) electrons. The van der Waals surface area contributed by atoms with E-state index < -0.39 is 5.97 Å². The maximum atomic E-state index is 11.6. The Bertz CT molecular complexity index is 881. The normalized spacial score (nSPS) is 10.5. The Balaban J connectivity index is 0.000000213. The second-order valence-corrected chi connectivity index (χ2v) is 6.11. The lowest BCUT2D eigenvalue weighted by Crippen LogP contribution is -2.09. The minimum absolute atomic E-state index is 0.210. The third kappa shape index (κ3) is 3.24. The lowest BCUT2D eigenvalue weighted by molar-refractivity contribution is -0.114. The van der Waals surface area contributed by atoms with E-state index in [9.17, 15) is 9.59 Å². The van der Waals surface area contributed by atoms with Gasteiger partial charge in [-0.3, -0.25) is 4.79 Å². The van der Waals surface area contributed by atoms with Gasteiger partial charge in [-0.1, -0.05) is 36.4 Å². The second kappa shape index (κ2) is 6.22. The van der Waals surface area contributed by atoms with Crippen LogP contribution in [0.2, 0.25) is 0 Å². The molecule has 4 rings (SSSR count). The molecule has 1 amide bonds. The van der Waals surface area contributed by atoms with E-state index in [1.165, 1.54) is 36.5 Å². The van der Waals surface area contributed by atoms with Gasteiger partial charge in [0.2, 0.25) is 5.91 Å². The topological polar surface area (TPSA) is 55.4 Å². The van der Waals surface area contributed by atoms with Gasteiger partial charge in [-0.25, -0.2) is 4.79 Å². The summed E-state index contributed by atoms with van der Waals surface area (Å²) in [6.07, 6.45) is 0. The van der Waals surface area contributed by atoms with E-state index in [1.807, 2.05) is 24.3 Å². The summed E-state index contributed by atoms with van der Waals surface area (Å²) in [4.78, 5) is 23.2. The number of fused-ring (bicyclic) bond motifs is 2. The number of thiophene rings is 1. The zero-order chi connectivity index (χ0) is 16.4. The lowest BCUT2D eigenvalue weighted by atomic mass is 10.2. The van der Waals surface area contributed by atoms with Crippen LogP contribution in [0.3, 0.4) is 0 Å². The van der Waals surface area contributed by atoms with Crippen LogP contribution in [0, 0.1) is 0 Å². The van der Waals surface area contributed by atoms with E-state index in [0.717, 1.165) is 10.1 Å². The van der Waals surface area contributed by atoms with Crippen molar-refractivity contribution in [2.75, 3.05) is 12.4 Å². The minimum atomic E-state index is -0.435. The Kier molecular flexibility index (Phi) is 4.12. The first-order valence-corrected chi connectivity index (χ1v) is 7.89. The Morgan fingerprint density at radius 1 is 1.04 bits per heavy atom. The number of amides is 1. The molecule has 1 heterocycles. The first-order valence-electron chi connectivity index (χ1n) is 7.08. The van der Waals surface area contributed by atoms with Crippen molar-refractivity contribution >= 4 is 39.0 Å². The Morgan fingerprint density at radius 2 is 1.74 bits per heavy atom. The minimum Gasteiger partial charge on any atom is -0.465 e. The number of ether oxygens (including phenoxy) is 1. The quantitative estimate of drug-likeness (QED) is 0.559. The van der Waals surface area contributed by atoms with Crippen molar-refractivity contribution in [3.8, 4) is 11.1 Å². The molecule has 0 fully saturated rings. The van der Waals surface area contributed by atoms with Gasteiger partial charge in [0, 0.05) is 17.0 Å². The molecule has 2 aliphatic carbocycles. The number of carbonyl (C=O) groups excluding carboxylic acids is 2. The highest BCUT2D eigenvalue weighted by Gasteiger charge is 2.19. The predicted molar refractivity (Wildman–Crippen MR) is 92.9 cm³/mol. The van der Waals surface area contributed by atoms with Crippen molar-refractivity contribution in [1.29, 1.82) is 0 Å². The zero-order valence-corrected chi connectivity index (χ0v) is 13.6. The summed E-state index contributed by atoms with van der Waals surface area (Å²) in [5, 5.41) is 3.54. The van der Waals surface area contributed by atoms with E-state index in [1.54, 1.807) is 0 Å². The first-order chi connectivity index (χ1) is 11.1. The molecule has 2 aliphatic rings. The van der Waals surface area contributed by atoms with Gasteiger partial charge < -0.3 is 10.1 Å². The number of esters is 1. The number of hydrogen-bond acceptors (Lipinski definition) is 4. The summed E-state index contributed by atoms with van der Waals surface area (Å²) in [6, 6.07) is 16.0. The van der Waals surface area contributed by atoms with E-state index in [-0.39, 0.29) is 5.91 Å². The Labute approximate surface area is 137 Å². The van der Waals surface area contributed by atoms with Crippen LogP contribution >= 0.6 is 11.3 Å². The van der Waals surface area contributed by atoms with Gasteiger partial charge in [-0.15, -0.1) is 11.3 Å². The van der Waals surface area contributed by atoms with Gasteiger partial charge in [0.25, 0.3) is 0 Å². The van der Waals surface area contributed by atoms with Crippen LogP contribution in [0.5, 0.6) is 0 Å². The average Bonchev–Trinajstić information content (AvgIpc) is 2.99. The van der Waals surface area contributed by atoms with E-state index in [2.05, 4.69) is 29.6 Å². The third-order valence-electron chi connectivity index (χ3n) is 3.38. The largest absolute Gasteiger partial charge is 0.465 e. The molecule has 5 heteroatoms. The van der Waals surface area contributed by atoms with Crippen molar-refractivity contribution < 1.29 is 14.3 Å². The first kappa shape index (κ1) is 15.2. The molecule has 0 saturated heterocycles. The van der Waals surface area contributed by atoms with Crippen molar-refractivity contribution in [2.45, 2.75) is 6.92 Å². The van der Waals surface area contributed by atoms with Crippen LogP contribution in [0.4, 0.5) is 5.69 Å². The number of benzene rings is 2. The molecule has 4 nitrogen and oxygen atoms in total. The molecule has 2 aromatic rings. The molecule has 116 valence electrons. The lowest BCUT2D eigenvalue weighted by Gasteiger charge is -2.03. The number of rotatable bonds is 2. The molecular weight excluding hydrogens is 310 g/mol. The molecule has 0 unspecified atom stereocenters. The molecule has 23 heavy (non-hydrogen) atoms. The highest BCUT2D eigenvalue weighted by molar-refractivity contribution is 7.21. The summed E-state index contributed by atoms with van der Waals surface area (Å²) in [6.45, 7) is 1.41. The van der Waals surface area contributed by atoms with Crippen molar-refractivity contribution in [3.63, 3.8) is 0 Å². The second-order valence-electron chi connectivity index (χ2n) is 5.06. The third-order valence-corrected chi connectivity index (χ3v) is 4.53. The van der Waals surface area contributed by atoms with Crippen LogP contribution in [0.15, 0.2) is 48.5 Å². The molecule has 1 aromatic heterocycles. The maximum absolute atomic E-state index is 11.6. The maximum Gasteiger partial charge on any atom is 0.350 e. The summed E-state index contributed by atoms with van der Waals surface area (Å²) in [5.41, 5.74) is 3.38. The summed E-state index contributed by atoms with van der Waals surface area (Å²) >= 11 is 1.31. The van der Waals surface area contributed by atoms with Crippen LogP contribution in [-0.2, 0) is 9.53 Å². The van der Waals surface area contributed by atoms with Crippen LogP contribution in [0.25, 0.3) is 21.2 Å². The smallest absolute Gasteiger partial charge is 0.350 e. The Hall–Kier alpha value is -2.66. The van der Waals surface area contributed by atoms with Gasteiger partial charge in [0.1, 0.15) is 4.88 Å². The van der Waals surface area contributed by atoms with E-state index >= 15 is 0 Å². The van der Waals surface area contributed by atoms with Gasteiger partial charge in [-0.05, 0) is 23.3 Å². The highest BCUT2D eigenvalue weighted by Crippen LogP contribution is 2.36. The monoisotopic (exact) mass is 325 g/mol. The fraction of sp³-hybridized carbons (Fsp3) is 0.111.